The number of ether oxygens (including phenoxy) is 3. The summed E-state index contributed by atoms with van der Waals surface area (Å²) in [6, 6.07) is -0.542. The molecule has 0 aliphatic rings. The third-order valence-electron chi connectivity index (χ3n) is 2.45. The highest BCUT2D eigenvalue weighted by molar-refractivity contribution is 5.72. The first-order valence-corrected chi connectivity index (χ1v) is 6.88. The van der Waals surface area contributed by atoms with Crippen molar-refractivity contribution in [1.29, 1.82) is 0 Å². The zero-order chi connectivity index (χ0) is 14.3. The topological polar surface area (TPSA) is 77.0 Å². The maximum absolute atomic E-state index is 10.5. The monoisotopic (exact) mass is 277 g/mol. The molecule has 0 spiro atoms. The van der Waals surface area contributed by atoms with E-state index in [1.807, 2.05) is 0 Å². The van der Waals surface area contributed by atoms with Crippen molar-refractivity contribution < 1.29 is 24.1 Å². The van der Waals surface area contributed by atoms with Crippen molar-refractivity contribution >= 4 is 5.97 Å². The molecular formula is C13H27NO5. The number of carbonyl (C=O) groups is 1. The van der Waals surface area contributed by atoms with Gasteiger partial charge in [0.25, 0.3) is 0 Å². The van der Waals surface area contributed by atoms with Crippen molar-refractivity contribution in [2.45, 2.75) is 32.7 Å². The van der Waals surface area contributed by atoms with Crippen molar-refractivity contribution in [2.24, 2.45) is 0 Å². The van der Waals surface area contributed by atoms with Crippen molar-refractivity contribution in [3.05, 3.63) is 0 Å². The Labute approximate surface area is 115 Å². The minimum absolute atomic E-state index is 0.480. The average molecular weight is 277 g/mol. The number of aliphatic carboxylic acids is 1. The highest BCUT2D eigenvalue weighted by Crippen LogP contribution is 1.88. The van der Waals surface area contributed by atoms with Crippen LogP contribution >= 0.6 is 0 Å². The quantitative estimate of drug-likeness (QED) is 0.459. The fourth-order valence-corrected chi connectivity index (χ4v) is 1.22. The van der Waals surface area contributed by atoms with Crippen LogP contribution in [0.3, 0.4) is 0 Å². The molecule has 0 saturated heterocycles. The summed E-state index contributed by atoms with van der Waals surface area (Å²) in [5, 5.41) is 11.5. The molecule has 0 fully saturated rings. The normalized spacial score (nSPS) is 12.5. The lowest BCUT2D eigenvalue weighted by atomic mass is 10.3. The van der Waals surface area contributed by atoms with Crippen LogP contribution in [0.5, 0.6) is 0 Å². The molecule has 19 heavy (non-hydrogen) atoms. The molecular weight excluding hydrogens is 250 g/mol. The molecule has 0 heterocycles. The van der Waals surface area contributed by atoms with E-state index in [-0.39, 0.29) is 0 Å². The molecule has 0 aromatic carbocycles. The molecule has 0 aliphatic carbocycles. The van der Waals surface area contributed by atoms with Crippen molar-refractivity contribution in [3.8, 4) is 0 Å². The number of nitrogens with one attached hydrogen (secondary N) is 1. The van der Waals surface area contributed by atoms with E-state index >= 15 is 0 Å². The van der Waals surface area contributed by atoms with Crippen LogP contribution in [0.2, 0.25) is 0 Å². The van der Waals surface area contributed by atoms with Crippen LogP contribution in [0.1, 0.15) is 26.7 Å². The second-order valence-electron chi connectivity index (χ2n) is 4.20. The molecule has 114 valence electrons. The van der Waals surface area contributed by atoms with Gasteiger partial charge in [-0.1, -0.05) is 13.3 Å². The van der Waals surface area contributed by atoms with Crippen LogP contribution in [-0.4, -0.2) is 63.3 Å². The summed E-state index contributed by atoms with van der Waals surface area (Å²) in [4.78, 5) is 10.5. The van der Waals surface area contributed by atoms with Crippen LogP contribution in [0.25, 0.3) is 0 Å². The second-order valence-corrected chi connectivity index (χ2v) is 4.20. The van der Waals surface area contributed by atoms with E-state index in [1.165, 1.54) is 0 Å². The fraction of sp³-hybridized carbons (Fsp3) is 0.923. The zero-order valence-corrected chi connectivity index (χ0v) is 12.0. The first kappa shape index (κ1) is 18.3. The predicted octanol–water partition coefficient (Wildman–Crippen LogP) is 0.899. The first-order chi connectivity index (χ1) is 9.18. The Hall–Kier alpha value is -0.690. The molecule has 0 aromatic rings. The maximum Gasteiger partial charge on any atom is 0.320 e. The van der Waals surface area contributed by atoms with Gasteiger partial charge < -0.3 is 24.6 Å². The van der Waals surface area contributed by atoms with Gasteiger partial charge in [-0.25, -0.2) is 0 Å². The van der Waals surface area contributed by atoms with E-state index in [0.717, 1.165) is 19.4 Å². The van der Waals surface area contributed by atoms with E-state index in [0.29, 0.717) is 39.6 Å². The smallest absolute Gasteiger partial charge is 0.320 e. The van der Waals surface area contributed by atoms with Gasteiger partial charge in [0.15, 0.2) is 0 Å². The number of hydrogen-bond acceptors (Lipinski definition) is 5. The van der Waals surface area contributed by atoms with Gasteiger partial charge in [0.05, 0.1) is 33.0 Å². The molecule has 0 amide bonds. The summed E-state index contributed by atoms with van der Waals surface area (Å²) in [7, 11) is 0. The lowest BCUT2D eigenvalue weighted by Crippen LogP contribution is -2.36. The zero-order valence-electron chi connectivity index (χ0n) is 12.0. The molecule has 0 aliphatic heterocycles. The van der Waals surface area contributed by atoms with Crippen LogP contribution in [0.15, 0.2) is 0 Å². The minimum atomic E-state index is -0.855. The Morgan fingerprint density at radius 1 is 1.05 bits per heavy atom. The third-order valence-corrected chi connectivity index (χ3v) is 2.45. The maximum atomic E-state index is 10.5. The molecule has 0 radical (unpaired) electrons. The lowest BCUT2D eigenvalue weighted by molar-refractivity contribution is -0.139. The minimum Gasteiger partial charge on any atom is -0.480 e. The van der Waals surface area contributed by atoms with Gasteiger partial charge >= 0.3 is 5.97 Å². The van der Waals surface area contributed by atoms with Gasteiger partial charge in [-0.2, -0.15) is 0 Å². The number of carboxylic acids is 1. The van der Waals surface area contributed by atoms with Crippen LogP contribution in [-0.2, 0) is 19.0 Å². The Bertz CT molecular complexity index is 213. The molecule has 6 heteroatoms. The second kappa shape index (κ2) is 13.7. The Morgan fingerprint density at radius 3 is 2.11 bits per heavy atom. The largest absolute Gasteiger partial charge is 0.480 e. The lowest BCUT2D eigenvalue weighted by Gasteiger charge is -2.09. The fourth-order valence-electron chi connectivity index (χ4n) is 1.22. The first-order valence-electron chi connectivity index (χ1n) is 6.88. The third kappa shape index (κ3) is 13.5. The number of hydrogen-bond donors (Lipinski definition) is 2. The Kier molecular flexibility index (Phi) is 13.2. The summed E-state index contributed by atoms with van der Waals surface area (Å²) in [5.41, 5.74) is 0. The highest BCUT2D eigenvalue weighted by atomic mass is 16.5. The summed E-state index contributed by atoms with van der Waals surface area (Å²) >= 11 is 0. The van der Waals surface area contributed by atoms with Gasteiger partial charge in [0.1, 0.15) is 6.04 Å². The van der Waals surface area contributed by atoms with E-state index in [4.69, 9.17) is 19.3 Å². The predicted molar refractivity (Wildman–Crippen MR) is 72.5 cm³/mol. The van der Waals surface area contributed by atoms with Gasteiger partial charge in [-0.3, -0.25) is 4.79 Å². The summed E-state index contributed by atoms with van der Waals surface area (Å²) < 4.78 is 15.9. The van der Waals surface area contributed by atoms with Gasteiger partial charge in [0, 0.05) is 13.2 Å². The summed E-state index contributed by atoms with van der Waals surface area (Å²) in [6.45, 7) is 7.78. The standard InChI is InChI=1S/C13H27NO5/c1-3-4-6-17-8-10-19-11-9-18-7-5-14-12(2)13(15)16/h12,14H,3-11H2,1-2H3,(H,15,16)/t12-/m1/s1. The number of unbranched alkanes of at least 4 members (excludes halogenated alkanes) is 1. The van der Waals surface area contributed by atoms with Crippen molar-refractivity contribution in [2.75, 3.05) is 46.2 Å². The molecule has 1 atom stereocenters. The number of rotatable bonds is 14. The molecule has 0 saturated carbocycles. The molecule has 0 aromatic heterocycles. The van der Waals surface area contributed by atoms with Gasteiger partial charge in [-0.15, -0.1) is 0 Å². The van der Waals surface area contributed by atoms with Crippen LogP contribution < -0.4 is 5.32 Å². The molecule has 0 rings (SSSR count). The van der Waals surface area contributed by atoms with E-state index in [2.05, 4.69) is 12.2 Å². The van der Waals surface area contributed by atoms with Crippen LogP contribution in [0.4, 0.5) is 0 Å². The Balaban J connectivity index is 3.05. The number of carboxylic acid groups (broad SMARTS) is 1. The van der Waals surface area contributed by atoms with Crippen LogP contribution in [0, 0.1) is 0 Å². The molecule has 2 N–H and O–H groups in total. The highest BCUT2D eigenvalue weighted by Gasteiger charge is 2.07. The Morgan fingerprint density at radius 2 is 1.58 bits per heavy atom. The van der Waals surface area contributed by atoms with Crippen molar-refractivity contribution in [1.82, 2.24) is 5.32 Å². The molecule has 0 bridgehead atoms. The SMILES string of the molecule is CCCCOCCOCCOCCN[C@H](C)C(=O)O. The summed E-state index contributed by atoms with van der Waals surface area (Å²) in [6.07, 6.45) is 2.23. The molecule has 6 nitrogen and oxygen atoms in total. The van der Waals surface area contributed by atoms with E-state index in [9.17, 15) is 4.79 Å². The average Bonchev–Trinajstić information content (AvgIpc) is 2.39. The van der Waals surface area contributed by atoms with E-state index in [1.54, 1.807) is 6.92 Å². The van der Waals surface area contributed by atoms with Gasteiger partial charge in [0.2, 0.25) is 0 Å². The summed E-state index contributed by atoms with van der Waals surface area (Å²) in [5.74, 6) is -0.855. The van der Waals surface area contributed by atoms with Gasteiger partial charge in [-0.05, 0) is 13.3 Å². The van der Waals surface area contributed by atoms with Crippen molar-refractivity contribution in [3.63, 3.8) is 0 Å². The molecule has 0 unspecified atom stereocenters. The van der Waals surface area contributed by atoms with E-state index < -0.39 is 12.0 Å².